The number of carbonyl (C=O) groups excluding carboxylic acids is 1. The van der Waals surface area contributed by atoms with Crippen LogP contribution >= 0.6 is 0 Å². The highest BCUT2D eigenvalue weighted by Crippen LogP contribution is 2.13. The van der Waals surface area contributed by atoms with E-state index >= 15 is 0 Å². The lowest BCUT2D eigenvalue weighted by molar-refractivity contribution is -0.124. The van der Waals surface area contributed by atoms with Crippen LogP contribution in [0.15, 0.2) is 0 Å². The fourth-order valence-corrected chi connectivity index (χ4v) is 1.63. The van der Waals surface area contributed by atoms with Crippen molar-refractivity contribution >= 4 is 5.91 Å². The Kier molecular flexibility index (Phi) is 9.09. The molecule has 0 fully saturated rings. The molecule has 3 N–H and O–H groups in total. The first-order chi connectivity index (χ1) is 8.06. The number of nitrogens with one attached hydrogen (secondary N) is 1. The third kappa shape index (κ3) is 7.34. The van der Waals surface area contributed by atoms with Gasteiger partial charge in [-0.25, -0.2) is 0 Å². The molecule has 0 aliphatic rings. The monoisotopic (exact) mass is 244 g/mol. The number of carbonyl (C=O) groups is 1. The van der Waals surface area contributed by atoms with Crippen molar-refractivity contribution in [3.05, 3.63) is 0 Å². The van der Waals surface area contributed by atoms with Gasteiger partial charge in [-0.1, -0.05) is 13.8 Å². The van der Waals surface area contributed by atoms with Crippen molar-refractivity contribution in [1.82, 2.24) is 5.32 Å². The second-order valence-corrected chi connectivity index (χ2v) is 4.69. The van der Waals surface area contributed by atoms with Crippen LogP contribution in [-0.4, -0.2) is 31.2 Å². The van der Waals surface area contributed by atoms with E-state index in [1.807, 2.05) is 6.92 Å². The second kappa shape index (κ2) is 9.42. The van der Waals surface area contributed by atoms with Gasteiger partial charge in [0.15, 0.2) is 0 Å². The Morgan fingerprint density at radius 1 is 1.24 bits per heavy atom. The summed E-state index contributed by atoms with van der Waals surface area (Å²) in [4.78, 5) is 11.4. The van der Waals surface area contributed by atoms with Crippen molar-refractivity contribution in [3.63, 3.8) is 0 Å². The van der Waals surface area contributed by atoms with E-state index in [0.29, 0.717) is 0 Å². The number of hydrogen-bond acceptors (Lipinski definition) is 3. The van der Waals surface area contributed by atoms with Gasteiger partial charge in [-0.05, 0) is 45.6 Å². The average Bonchev–Trinajstić information content (AvgIpc) is 2.31. The predicted molar refractivity (Wildman–Crippen MR) is 70.9 cm³/mol. The average molecular weight is 244 g/mol. The first kappa shape index (κ1) is 16.4. The smallest absolute Gasteiger partial charge is 0.237 e. The predicted octanol–water partition coefficient (Wildman–Crippen LogP) is 1.83. The summed E-state index contributed by atoms with van der Waals surface area (Å²) in [6.45, 7) is 8.48. The first-order valence-corrected chi connectivity index (χ1v) is 6.69. The number of nitrogens with two attached hydrogens (primary N) is 1. The second-order valence-electron chi connectivity index (χ2n) is 4.69. The quantitative estimate of drug-likeness (QED) is 0.545. The minimum absolute atomic E-state index is 0.263. The molecule has 0 radical (unpaired) electrons. The summed E-state index contributed by atoms with van der Waals surface area (Å²) < 4.78 is 5.40. The molecule has 0 aromatic carbocycles. The van der Waals surface area contributed by atoms with Crippen LogP contribution < -0.4 is 11.1 Å². The van der Waals surface area contributed by atoms with E-state index in [1.165, 1.54) is 0 Å². The van der Waals surface area contributed by atoms with Gasteiger partial charge in [-0.2, -0.15) is 0 Å². The maximum absolute atomic E-state index is 11.4. The highest BCUT2D eigenvalue weighted by atomic mass is 16.5. The standard InChI is InChI=1S/C13H28N2O2/c1-4-9-15-13(3,12(14)16)8-6-7-11-17-10-5-2/h15H,4-11H2,1-3H3,(H2,14,16). The molecule has 0 aromatic rings. The lowest BCUT2D eigenvalue weighted by atomic mass is 9.94. The van der Waals surface area contributed by atoms with Crippen LogP contribution in [0.2, 0.25) is 0 Å². The van der Waals surface area contributed by atoms with Gasteiger partial charge in [0.05, 0.1) is 5.54 Å². The number of hydrogen-bond donors (Lipinski definition) is 2. The minimum Gasteiger partial charge on any atom is -0.381 e. The van der Waals surface area contributed by atoms with Crippen molar-refractivity contribution in [2.45, 2.75) is 58.4 Å². The Morgan fingerprint density at radius 3 is 2.47 bits per heavy atom. The third-order valence-corrected chi connectivity index (χ3v) is 2.87. The van der Waals surface area contributed by atoms with E-state index in [9.17, 15) is 4.79 Å². The van der Waals surface area contributed by atoms with Crippen LogP contribution in [0.3, 0.4) is 0 Å². The van der Waals surface area contributed by atoms with E-state index in [-0.39, 0.29) is 5.91 Å². The summed E-state index contributed by atoms with van der Waals surface area (Å²) in [5.41, 5.74) is 4.87. The zero-order valence-corrected chi connectivity index (χ0v) is 11.6. The van der Waals surface area contributed by atoms with E-state index in [2.05, 4.69) is 19.2 Å². The van der Waals surface area contributed by atoms with Crippen LogP contribution in [-0.2, 0) is 9.53 Å². The molecule has 0 spiro atoms. The van der Waals surface area contributed by atoms with Gasteiger partial charge >= 0.3 is 0 Å². The van der Waals surface area contributed by atoms with E-state index in [4.69, 9.17) is 10.5 Å². The molecule has 1 atom stereocenters. The number of amides is 1. The summed E-state index contributed by atoms with van der Waals surface area (Å²) >= 11 is 0. The molecule has 1 amide bonds. The zero-order valence-electron chi connectivity index (χ0n) is 11.6. The van der Waals surface area contributed by atoms with Gasteiger partial charge in [0.1, 0.15) is 0 Å². The minimum atomic E-state index is -0.569. The molecular formula is C13H28N2O2. The van der Waals surface area contributed by atoms with Crippen LogP contribution in [0.5, 0.6) is 0 Å². The van der Waals surface area contributed by atoms with Gasteiger partial charge in [0.25, 0.3) is 0 Å². The fourth-order valence-electron chi connectivity index (χ4n) is 1.63. The fraction of sp³-hybridized carbons (Fsp3) is 0.923. The largest absolute Gasteiger partial charge is 0.381 e. The SMILES string of the molecule is CCCNC(C)(CCCCOCCC)C(N)=O. The molecule has 102 valence electrons. The Bertz CT molecular complexity index is 210. The molecule has 4 nitrogen and oxygen atoms in total. The molecule has 0 rings (SSSR count). The molecule has 0 saturated heterocycles. The first-order valence-electron chi connectivity index (χ1n) is 6.69. The summed E-state index contributed by atoms with van der Waals surface area (Å²) in [5.74, 6) is -0.263. The topological polar surface area (TPSA) is 64.3 Å². The lowest BCUT2D eigenvalue weighted by Gasteiger charge is -2.27. The van der Waals surface area contributed by atoms with Crippen molar-refractivity contribution in [1.29, 1.82) is 0 Å². The lowest BCUT2D eigenvalue weighted by Crippen LogP contribution is -2.53. The number of rotatable bonds is 11. The number of ether oxygens (including phenoxy) is 1. The van der Waals surface area contributed by atoms with Crippen LogP contribution in [0.4, 0.5) is 0 Å². The Balaban J connectivity index is 3.81. The van der Waals surface area contributed by atoms with Crippen molar-refractivity contribution in [2.24, 2.45) is 5.73 Å². The van der Waals surface area contributed by atoms with Gasteiger partial charge in [0, 0.05) is 13.2 Å². The van der Waals surface area contributed by atoms with Gasteiger partial charge in [0.2, 0.25) is 5.91 Å². The molecule has 0 aliphatic heterocycles. The molecule has 0 heterocycles. The number of unbranched alkanes of at least 4 members (excludes halogenated alkanes) is 1. The molecule has 1 unspecified atom stereocenters. The molecule has 4 heteroatoms. The maximum Gasteiger partial charge on any atom is 0.237 e. The molecular weight excluding hydrogens is 216 g/mol. The van der Waals surface area contributed by atoms with Crippen LogP contribution in [0.25, 0.3) is 0 Å². The Morgan fingerprint density at radius 2 is 1.94 bits per heavy atom. The Hall–Kier alpha value is -0.610. The zero-order chi connectivity index (χ0) is 13.1. The molecule has 0 bridgehead atoms. The van der Waals surface area contributed by atoms with Crippen LogP contribution in [0, 0.1) is 0 Å². The molecule has 17 heavy (non-hydrogen) atoms. The number of primary amides is 1. The van der Waals surface area contributed by atoms with Crippen molar-refractivity contribution in [3.8, 4) is 0 Å². The van der Waals surface area contributed by atoms with E-state index < -0.39 is 5.54 Å². The molecule has 0 saturated carbocycles. The summed E-state index contributed by atoms with van der Waals surface area (Å²) in [6.07, 6.45) is 4.77. The third-order valence-electron chi connectivity index (χ3n) is 2.87. The Labute approximate surface area is 105 Å². The highest BCUT2D eigenvalue weighted by molar-refractivity contribution is 5.84. The summed E-state index contributed by atoms with van der Waals surface area (Å²) in [5, 5.41) is 3.23. The highest BCUT2D eigenvalue weighted by Gasteiger charge is 2.29. The maximum atomic E-state index is 11.4. The van der Waals surface area contributed by atoms with Gasteiger partial charge in [-0.3, -0.25) is 4.79 Å². The normalized spacial score (nSPS) is 14.5. The van der Waals surface area contributed by atoms with Gasteiger partial charge in [-0.15, -0.1) is 0 Å². The van der Waals surface area contributed by atoms with E-state index in [0.717, 1.165) is 51.9 Å². The molecule has 0 aliphatic carbocycles. The van der Waals surface area contributed by atoms with Gasteiger partial charge < -0.3 is 15.8 Å². The van der Waals surface area contributed by atoms with Crippen LogP contribution in [0.1, 0.15) is 52.9 Å². The molecule has 0 aromatic heterocycles. The summed E-state index contributed by atoms with van der Waals surface area (Å²) in [7, 11) is 0. The summed E-state index contributed by atoms with van der Waals surface area (Å²) in [6, 6.07) is 0. The van der Waals surface area contributed by atoms with E-state index in [1.54, 1.807) is 0 Å². The van der Waals surface area contributed by atoms with Crippen molar-refractivity contribution < 1.29 is 9.53 Å². The van der Waals surface area contributed by atoms with Crippen molar-refractivity contribution in [2.75, 3.05) is 19.8 Å².